The lowest BCUT2D eigenvalue weighted by Crippen LogP contribution is -2.15. The summed E-state index contributed by atoms with van der Waals surface area (Å²) in [6.07, 6.45) is 3.79. The fourth-order valence-corrected chi connectivity index (χ4v) is 4.00. The highest BCUT2D eigenvalue weighted by Crippen LogP contribution is 2.34. The van der Waals surface area contributed by atoms with E-state index in [0.717, 1.165) is 11.3 Å². The first-order valence-electron chi connectivity index (χ1n) is 9.77. The maximum absolute atomic E-state index is 12.6. The maximum atomic E-state index is 12.6. The number of anilines is 1. The lowest BCUT2D eigenvalue weighted by Gasteiger charge is -2.12. The summed E-state index contributed by atoms with van der Waals surface area (Å²) in [6, 6.07) is 16.7. The molecule has 0 radical (unpaired) electrons. The van der Waals surface area contributed by atoms with Crippen LogP contribution in [0.5, 0.6) is 17.2 Å². The van der Waals surface area contributed by atoms with Crippen LogP contribution in [-0.4, -0.2) is 45.1 Å². The Morgan fingerprint density at radius 2 is 1.94 bits per heavy atom. The molecule has 1 amide bonds. The van der Waals surface area contributed by atoms with Crippen molar-refractivity contribution in [2.45, 2.75) is 5.16 Å². The van der Waals surface area contributed by atoms with E-state index in [1.165, 1.54) is 11.8 Å². The van der Waals surface area contributed by atoms with Gasteiger partial charge in [-0.15, -0.1) is 10.2 Å². The van der Waals surface area contributed by atoms with E-state index in [1.54, 1.807) is 25.3 Å². The number of hydrogen-bond donors (Lipinski definition) is 1. The molecule has 0 saturated heterocycles. The lowest BCUT2D eigenvalue weighted by molar-refractivity contribution is -0.113. The summed E-state index contributed by atoms with van der Waals surface area (Å²) in [6.45, 7) is 0.188. The summed E-state index contributed by atoms with van der Waals surface area (Å²) in [5.41, 5.74) is 1.49. The molecule has 162 valence electrons. The monoisotopic (exact) mass is 449 g/mol. The average Bonchev–Trinajstić information content (AvgIpc) is 3.57. The van der Waals surface area contributed by atoms with Gasteiger partial charge >= 0.3 is 0 Å². The normalized spacial score (nSPS) is 12.0. The van der Waals surface area contributed by atoms with Crippen molar-refractivity contribution in [3.05, 3.63) is 67.0 Å². The van der Waals surface area contributed by atoms with Crippen LogP contribution < -0.4 is 19.5 Å². The molecule has 2 aromatic heterocycles. The minimum absolute atomic E-state index is 0.159. The number of nitrogens with one attached hydrogen (secondary N) is 1. The zero-order valence-corrected chi connectivity index (χ0v) is 17.9. The Kier molecular flexibility index (Phi) is 5.42. The number of carbonyl (C=O) groups excluding carboxylic acids is 1. The molecule has 0 atom stereocenters. The van der Waals surface area contributed by atoms with E-state index in [-0.39, 0.29) is 18.5 Å². The highest BCUT2D eigenvalue weighted by atomic mass is 32.2. The van der Waals surface area contributed by atoms with Crippen molar-refractivity contribution in [2.75, 3.05) is 25.0 Å². The Bertz CT molecular complexity index is 1260. The van der Waals surface area contributed by atoms with Gasteiger partial charge in [0.1, 0.15) is 5.75 Å². The van der Waals surface area contributed by atoms with Gasteiger partial charge in [0.05, 0.1) is 12.9 Å². The molecular weight excluding hydrogens is 430 g/mol. The van der Waals surface area contributed by atoms with Crippen LogP contribution in [0.3, 0.4) is 0 Å². The standard InChI is InChI=1S/C22H19N5O4S/c1-29-17-6-4-5-15(11-17)21-24-25-22(27(21)26-9-2-3-10-26)32-13-20(28)23-16-7-8-18-19(12-16)31-14-30-18/h2-12H,13-14H2,1H3,(H,23,28). The molecule has 1 N–H and O–H groups in total. The molecule has 2 aromatic carbocycles. The fourth-order valence-electron chi connectivity index (χ4n) is 3.27. The van der Waals surface area contributed by atoms with Gasteiger partial charge < -0.3 is 19.5 Å². The Labute approximate surface area is 187 Å². The van der Waals surface area contributed by atoms with Gasteiger partial charge in [0.25, 0.3) is 0 Å². The molecule has 1 aliphatic heterocycles. The Balaban J connectivity index is 1.35. The van der Waals surface area contributed by atoms with Gasteiger partial charge in [-0.25, -0.2) is 4.68 Å². The summed E-state index contributed by atoms with van der Waals surface area (Å²) in [5.74, 6) is 2.64. The van der Waals surface area contributed by atoms with Crippen LogP contribution in [0.2, 0.25) is 0 Å². The molecular formula is C22H19N5O4S. The number of amides is 1. The molecule has 10 heteroatoms. The molecule has 1 aliphatic rings. The van der Waals surface area contributed by atoms with Crippen LogP contribution in [0.15, 0.2) is 72.1 Å². The first-order chi connectivity index (χ1) is 15.7. The van der Waals surface area contributed by atoms with Crippen LogP contribution in [0.25, 0.3) is 11.4 Å². The third-order valence-corrected chi connectivity index (χ3v) is 5.67. The van der Waals surface area contributed by atoms with E-state index in [0.29, 0.717) is 28.2 Å². The quantitative estimate of drug-likeness (QED) is 0.432. The first-order valence-corrected chi connectivity index (χ1v) is 10.8. The molecule has 3 heterocycles. The first kappa shape index (κ1) is 20.0. The molecule has 0 fully saturated rings. The molecule has 5 rings (SSSR count). The summed E-state index contributed by atoms with van der Waals surface area (Å²) in [4.78, 5) is 12.6. The largest absolute Gasteiger partial charge is 0.497 e. The Hall–Kier alpha value is -3.92. The van der Waals surface area contributed by atoms with Gasteiger partial charge in [-0.2, -0.15) is 0 Å². The third kappa shape index (κ3) is 4.00. The van der Waals surface area contributed by atoms with E-state index in [2.05, 4.69) is 15.5 Å². The summed E-state index contributed by atoms with van der Waals surface area (Å²) >= 11 is 1.29. The van der Waals surface area contributed by atoms with E-state index >= 15 is 0 Å². The number of thioether (sulfide) groups is 1. The van der Waals surface area contributed by atoms with Crippen molar-refractivity contribution >= 4 is 23.4 Å². The van der Waals surface area contributed by atoms with Crippen molar-refractivity contribution in [1.29, 1.82) is 0 Å². The van der Waals surface area contributed by atoms with Crippen LogP contribution in [0.1, 0.15) is 0 Å². The van der Waals surface area contributed by atoms with Crippen molar-refractivity contribution in [3.8, 4) is 28.6 Å². The summed E-state index contributed by atoms with van der Waals surface area (Å²) < 4.78 is 19.7. The highest BCUT2D eigenvalue weighted by Gasteiger charge is 2.18. The van der Waals surface area contributed by atoms with Gasteiger partial charge in [-0.1, -0.05) is 23.9 Å². The smallest absolute Gasteiger partial charge is 0.234 e. The van der Waals surface area contributed by atoms with Gasteiger partial charge in [0, 0.05) is 29.7 Å². The SMILES string of the molecule is COc1cccc(-c2nnc(SCC(=O)Nc3ccc4c(c3)OCO4)n2-n2cccc2)c1. The van der Waals surface area contributed by atoms with Crippen LogP contribution >= 0.6 is 11.8 Å². The molecule has 0 spiro atoms. The van der Waals surface area contributed by atoms with E-state index in [1.807, 2.05) is 58.1 Å². The number of hydrogen-bond acceptors (Lipinski definition) is 7. The average molecular weight is 449 g/mol. The molecule has 9 nitrogen and oxygen atoms in total. The van der Waals surface area contributed by atoms with Gasteiger partial charge in [0.2, 0.25) is 17.9 Å². The predicted octanol–water partition coefficient (Wildman–Crippen LogP) is 3.53. The van der Waals surface area contributed by atoms with E-state index in [9.17, 15) is 4.79 Å². The minimum atomic E-state index is -0.168. The van der Waals surface area contributed by atoms with Gasteiger partial charge in [0.15, 0.2) is 17.3 Å². The minimum Gasteiger partial charge on any atom is -0.497 e. The van der Waals surface area contributed by atoms with E-state index in [4.69, 9.17) is 14.2 Å². The lowest BCUT2D eigenvalue weighted by atomic mass is 10.2. The summed E-state index contributed by atoms with van der Waals surface area (Å²) in [5, 5.41) is 12.2. The van der Waals surface area contributed by atoms with Crippen LogP contribution in [0.4, 0.5) is 5.69 Å². The Morgan fingerprint density at radius 1 is 1.09 bits per heavy atom. The molecule has 0 unspecified atom stereocenters. The van der Waals surface area contributed by atoms with Crippen LogP contribution in [-0.2, 0) is 4.79 Å². The predicted molar refractivity (Wildman–Crippen MR) is 119 cm³/mol. The highest BCUT2D eigenvalue weighted by molar-refractivity contribution is 7.99. The number of methoxy groups -OCH3 is 1. The van der Waals surface area contributed by atoms with Gasteiger partial charge in [-0.05, 0) is 36.4 Å². The number of carbonyl (C=O) groups is 1. The second-order valence-electron chi connectivity index (χ2n) is 6.82. The zero-order chi connectivity index (χ0) is 21.9. The molecule has 4 aromatic rings. The second kappa shape index (κ2) is 8.67. The number of rotatable bonds is 7. The third-order valence-electron chi connectivity index (χ3n) is 4.75. The molecule has 0 bridgehead atoms. The van der Waals surface area contributed by atoms with Crippen molar-refractivity contribution in [1.82, 2.24) is 19.5 Å². The number of benzene rings is 2. The molecule has 0 aliphatic carbocycles. The number of ether oxygens (including phenoxy) is 3. The molecule has 0 saturated carbocycles. The van der Waals surface area contributed by atoms with Gasteiger partial charge in [-0.3, -0.25) is 9.47 Å². The van der Waals surface area contributed by atoms with Crippen molar-refractivity contribution < 1.29 is 19.0 Å². The Morgan fingerprint density at radius 3 is 2.78 bits per heavy atom. The second-order valence-corrected chi connectivity index (χ2v) is 7.76. The summed E-state index contributed by atoms with van der Waals surface area (Å²) in [7, 11) is 1.62. The topological polar surface area (TPSA) is 92.4 Å². The number of aromatic nitrogens is 4. The fraction of sp³-hybridized carbons (Fsp3) is 0.136. The maximum Gasteiger partial charge on any atom is 0.234 e. The number of fused-ring (bicyclic) bond motifs is 1. The van der Waals surface area contributed by atoms with Crippen LogP contribution in [0, 0.1) is 0 Å². The van der Waals surface area contributed by atoms with E-state index < -0.39 is 0 Å². The van der Waals surface area contributed by atoms with Crippen molar-refractivity contribution in [3.63, 3.8) is 0 Å². The number of nitrogens with zero attached hydrogens (tertiary/aromatic N) is 4. The zero-order valence-electron chi connectivity index (χ0n) is 17.1. The van der Waals surface area contributed by atoms with Crippen molar-refractivity contribution in [2.24, 2.45) is 0 Å². The molecule has 32 heavy (non-hydrogen) atoms.